The van der Waals surface area contributed by atoms with E-state index in [4.69, 9.17) is 0 Å². The molecule has 0 radical (unpaired) electrons. The quantitative estimate of drug-likeness (QED) is 0.670. The highest BCUT2D eigenvalue weighted by Gasteiger charge is 2.32. The summed E-state index contributed by atoms with van der Waals surface area (Å²) in [4.78, 5) is 0. The van der Waals surface area contributed by atoms with Gasteiger partial charge in [-0.25, -0.2) is 0 Å². The van der Waals surface area contributed by atoms with Gasteiger partial charge in [0.15, 0.2) is 0 Å². The maximum Gasteiger partial charge on any atom is 0.416 e. The molecule has 0 N–H and O–H groups in total. The van der Waals surface area contributed by atoms with Gasteiger partial charge in [-0.05, 0) is 22.4 Å². The van der Waals surface area contributed by atoms with Gasteiger partial charge in [-0.3, -0.25) is 0 Å². The minimum atomic E-state index is -4.37. The average molecular weight is 222 g/mol. The van der Waals surface area contributed by atoms with Crippen molar-refractivity contribution >= 4 is 16.3 Å². The van der Waals surface area contributed by atoms with E-state index in [0.29, 0.717) is 0 Å². The summed E-state index contributed by atoms with van der Waals surface area (Å²) in [5.41, 5.74) is -0.690. The van der Waals surface area contributed by atoms with Crippen molar-refractivity contribution < 1.29 is 13.2 Å². The Morgan fingerprint density at radius 3 is 2.19 bits per heavy atom. The number of alkyl halides is 3. The van der Waals surface area contributed by atoms with Crippen LogP contribution in [-0.2, 0) is 0 Å². The lowest BCUT2D eigenvalue weighted by molar-refractivity contribution is -0.0686. The minimum absolute atomic E-state index is 0.117. The van der Waals surface area contributed by atoms with E-state index in [1.54, 1.807) is 18.2 Å². The molecular weight excluding hydrogens is 213 g/mol. The highest BCUT2D eigenvalue weighted by Crippen LogP contribution is 2.33. The first-order chi connectivity index (χ1) is 7.48. The molecule has 16 heavy (non-hydrogen) atoms. The summed E-state index contributed by atoms with van der Waals surface area (Å²) < 4.78 is 37.3. The highest BCUT2D eigenvalue weighted by molar-refractivity contribution is 5.86. The Kier molecular flexibility index (Phi) is 2.46. The molecular formula is C13H9F3. The molecule has 2 rings (SSSR count). The molecule has 2 aromatic carbocycles. The van der Waals surface area contributed by atoms with Crippen LogP contribution < -0.4 is 0 Å². The summed E-state index contributed by atoms with van der Waals surface area (Å²) in [6, 6.07) is 11.9. The van der Waals surface area contributed by atoms with Gasteiger partial charge in [-0.15, -0.1) is 0 Å². The highest BCUT2D eigenvalue weighted by atomic mass is 19.4. The topological polar surface area (TPSA) is 0 Å². The molecule has 0 atom stereocenters. The van der Waals surface area contributed by atoms with Crippen molar-refractivity contribution in [3.05, 3.63) is 54.6 Å². The van der Waals surface area contributed by atoms with E-state index >= 15 is 0 Å². The van der Waals surface area contributed by atoms with Crippen LogP contribution in [0.3, 0.4) is 0 Å². The van der Waals surface area contributed by atoms with E-state index < -0.39 is 11.7 Å². The number of halogens is 3. The van der Waals surface area contributed by atoms with Gasteiger partial charge in [0.1, 0.15) is 0 Å². The largest absolute Gasteiger partial charge is 0.416 e. The summed E-state index contributed by atoms with van der Waals surface area (Å²) >= 11 is 0. The van der Waals surface area contributed by atoms with E-state index in [-0.39, 0.29) is 5.56 Å². The normalized spacial score (nSPS) is 11.7. The SMILES string of the molecule is C=C(c1ccc2ccccc2c1)C(F)(F)F. The van der Waals surface area contributed by atoms with Crippen LogP contribution in [0.5, 0.6) is 0 Å². The van der Waals surface area contributed by atoms with Gasteiger partial charge < -0.3 is 0 Å². The van der Waals surface area contributed by atoms with Gasteiger partial charge in [0.05, 0.1) is 5.57 Å². The molecule has 0 aliphatic carbocycles. The summed E-state index contributed by atoms with van der Waals surface area (Å²) in [6.45, 7) is 3.08. The van der Waals surface area contributed by atoms with Crippen molar-refractivity contribution in [3.8, 4) is 0 Å². The van der Waals surface area contributed by atoms with Gasteiger partial charge in [0.2, 0.25) is 0 Å². The average Bonchev–Trinajstić information content (AvgIpc) is 2.26. The van der Waals surface area contributed by atoms with Crippen molar-refractivity contribution in [2.24, 2.45) is 0 Å². The third kappa shape index (κ3) is 1.94. The van der Waals surface area contributed by atoms with Crippen LogP contribution in [0.1, 0.15) is 5.56 Å². The smallest absolute Gasteiger partial charge is 0.166 e. The Bertz CT molecular complexity index is 538. The van der Waals surface area contributed by atoms with E-state index in [2.05, 4.69) is 6.58 Å². The number of allylic oxidation sites excluding steroid dienone is 1. The molecule has 0 heterocycles. The first kappa shape index (κ1) is 10.7. The van der Waals surface area contributed by atoms with Crippen LogP contribution in [0, 0.1) is 0 Å². The van der Waals surface area contributed by atoms with Crippen LogP contribution in [0.2, 0.25) is 0 Å². The molecule has 0 aliphatic rings. The third-order valence-corrected chi connectivity index (χ3v) is 2.44. The van der Waals surface area contributed by atoms with Gasteiger partial charge in [-0.1, -0.05) is 43.0 Å². The van der Waals surface area contributed by atoms with Crippen LogP contribution in [0.25, 0.3) is 16.3 Å². The van der Waals surface area contributed by atoms with Crippen LogP contribution in [-0.4, -0.2) is 6.18 Å². The van der Waals surface area contributed by atoms with E-state index in [1.807, 2.05) is 12.1 Å². The fourth-order valence-electron chi connectivity index (χ4n) is 1.54. The zero-order chi connectivity index (χ0) is 11.8. The molecule has 0 saturated heterocycles. The van der Waals surface area contributed by atoms with Crippen molar-refractivity contribution in [3.63, 3.8) is 0 Å². The predicted octanol–water partition coefficient (Wildman–Crippen LogP) is 4.42. The second-order valence-electron chi connectivity index (χ2n) is 3.54. The zero-order valence-corrected chi connectivity index (χ0v) is 8.38. The first-order valence-electron chi connectivity index (χ1n) is 4.74. The Morgan fingerprint density at radius 1 is 0.938 bits per heavy atom. The lowest BCUT2D eigenvalue weighted by Gasteiger charge is -2.10. The fraction of sp³-hybridized carbons (Fsp3) is 0.0769. The molecule has 0 spiro atoms. The summed E-state index contributed by atoms with van der Waals surface area (Å²) in [7, 11) is 0. The lowest BCUT2D eigenvalue weighted by atomic mass is 10.0. The Morgan fingerprint density at radius 2 is 1.56 bits per heavy atom. The Hall–Kier alpha value is -1.77. The summed E-state index contributed by atoms with van der Waals surface area (Å²) in [5.74, 6) is 0. The number of rotatable bonds is 1. The maximum atomic E-state index is 12.4. The number of hydrogen-bond acceptors (Lipinski definition) is 0. The van der Waals surface area contributed by atoms with Gasteiger partial charge in [-0.2, -0.15) is 13.2 Å². The zero-order valence-electron chi connectivity index (χ0n) is 8.38. The van der Waals surface area contributed by atoms with E-state index in [0.717, 1.165) is 10.8 Å². The van der Waals surface area contributed by atoms with Crippen molar-refractivity contribution in [1.82, 2.24) is 0 Å². The molecule has 82 valence electrons. The van der Waals surface area contributed by atoms with Gasteiger partial charge in [0, 0.05) is 0 Å². The number of fused-ring (bicyclic) bond motifs is 1. The fourth-order valence-corrected chi connectivity index (χ4v) is 1.54. The van der Waals surface area contributed by atoms with Crippen LogP contribution in [0.4, 0.5) is 13.2 Å². The second kappa shape index (κ2) is 3.67. The first-order valence-corrected chi connectivity index (χ1v) is 4.74. The molecule has 0 aliphatic heterocycles. The third-order valence-electron chi connectivity index (χ3n) is 2.44. The molecule has 0 fully saturated rings. The van der Waals surface area contributed by atoms with Crippen molar-refractivity contribution in [2.75, 3.05) is 0 Å². The molecule has 0 unspecified atom stereocenters. The second-order valence-corrected chi connectivity index (χ2v) is 3.54. The van der Waals surface area contributed by atoms with Crippen LogP contribution >= 0.6 is 0 Å². The summed E-state index contributed by atoms with van der Waals surface area (Å²) in [6.07, 6.45) is -4.37. The molecule has 0 amide bonds. The molecule has 3 heteroatoms. The predicted molar refractivity (Wildman–Crippen MR) is 59.0 cm³/mol. The number of hydrogen-bond donors (Lipinski definition) is 0. The maximum absolute atomic E-state index is 12.4. The monoisotopic (exact) mass is 222 g/mol. The van der Waals surface area contributed by atoms with Crippen molar-refractivity contribution in [1.29, 1.82) is 0 Å². The van der Waals surface area contributed by atoms with E-state index in [9.17, 15) is 13.2 Å². The lowest BCUT2D eigenvalue weighted by Crippen LogP contribution is -2.09. The Labute approximate surface area is 91.0 Å². The molecule has 2 aromatic rings. The molecule has 0 saturated carbocycles. The van der Waals surface area contributed by atoms with Crippen molar-refractivity contribution in [2.45, 2.75) is 6.18 Å². The number of benzene rings is 2. The Balaban J connectivity index is 2.52. The van der Waals surface area contributed by atoms with E-state index in [1.165, 1.54) is 12.1 Å². The van der Waals surface area contributed by atoms with Crippen LogP contribution in [0.15, 0.2) is 49.0 Å². The minimum Gasteiger partial charge on any atom is -0.166 e. The molecule has 0 nitrogen and oxygen atoms in total. The summed E-state index contributed by atoms with van der Waals surface area (Å²) in [5, 5.41) is 1.70. The molecule has 0 aromatic heterocycles. The van der Waals surface area contributed by atoms with Gasteiger partial charge in [0.25, 0.3) is 0 Å². The standard InChI is InChI=1S/C13H9F3/c1-9(13(14,15)16)11-7-6-10-4-2-3-5-12(10)8-11/h2-8H,1H2. The van der Waals surface area contributed by atoms with Gasteiger partial charge >= 0.3 is 6.18 Å². The molecule has 0 bridgehead atoms.